The molecule has 138 valence electrons. The first-order valence-electron chi connectivity index (χ1n) is 7.64. The summed E-state index contributed by atoms with van der Waals surface area (Å²) in [6.07, 6.45) is -5.05. The minimum absolute atomic E-state index is 0.363. The van der Waals surface area contributed by atoms with E-state index in [4.69, 9.17) is 0 Å². The Kier molecular flexibility index (Phi) is 5.66. The van der Waals surface area contributed by atoms with Crippen molar-refractivity contribution in [2.75, 3.05) is 11.9 Å². The lowest BCUT2D eigenvalue weighted by molar-refractivity contribution is -0.264. The fourth-order valence-electron chi connectivity index (χ4n) is 2.26. The number of benzene rings is 2. The highest BCUT2D eigenvalue weighted by Crippen LogP contribution is 2.38. The summed E-state index contributed by atoms with van der Waals surface area (Å²) in [6.45, 7) is 0.506. The Hall–Kier alpha value is -2.87. The molecule has 2 aromatic rings. The van der Waals surface area contributed by atoms with Crippen molar-refractivity contribution >= 4 is 17.5 Å². The Morgan fingerprint density at radius 1 is 0.962 bits per heavy atom. The normalized spacial score (nSPS) is 13.6. The Balaban J connectivity index is 2.10. The summed E-state index contributed by atoms with van der Waals surface area (Å²) in [5.74, 6) is -2.41. The Bertz CT molecular complexity index is 794. The molecule has 2 amide bonds. The van der Waals surface area contributed by atoms with Gasteiger partial charge in [0.1, 0.15) is 0 Å². The molecule has 2 aromatic carbocycles. The number of aliphatic hydroxyl groups is 1. The van der Waals surface area contributed by atoms with E-state index < -0.39 is 35.7 Å². The number of hydrogen-bond donors (Lipinski definition) is 3. The van der Waals surface area contributed by atoms with Crippen molar-refractivity contribution in [2.45, 2.75) is 18.7 Å². The zero-order chi connectivity index (χ0) is 19.4. The van der Waals surface area contributed by atoms with Gasteiger partial charge in [-0.2, -0.15) is 13.2 Å². The van der Waals surface area contributed by atoms with Gasteiger partial charge < -0.3 is 15.7 Å². The molecule has 0 aromatic heterocycles. The topological polar surface area (TPSA) is 78.4 Å². The van der Waals surface area contributed by atoms with E-state index in [0.717, 1.165) is 12.1 Å². The van der Waals surface area contributed by atoms with E-state index in [-0.39, 0.29) is 0 Å². The van der Waals surface area contributed by atoms with E-state index in [2.05, 4.69) is 5.32 Å². The molecule has 3 N–H and O–H groups in total. The first kappa shape index (κ1) is 19.5. The Morgan fingerprint density at radius 2 is 1.54 bits per heavy atom. The van der Waals surface area contributed by atoms with Crippen LogP contribution in [-0.4, -0.2) is 29.6 Å². The highest BCUT2D eigenvalue weighted by Gasteiger charge is 2.55. The molecule has 0 aliphatic carbocycles. The average molecular weight is 366 g/mol. The van der Waals surface area contributed by atoms with Crippen LogP contribution in [0, 0.1) is 6.92 Å². The number of hydrogen-bond acceptors (Lipinski definition) is 3. The molecule has 0 spiro atoms. The highest BCUT2D eigenvalue weighted by atomic mass is 19.4. The van der Waals surface area contributed by atoms with E-state index in [1.807, 2.05) is 5.32 Å². The van der Waals surface area contributed by atoms with Crippen molar-refractivity contribution in [2.24, 2.45) is 0 Å². The van der Waals surface area contributed by atoms with Gasteiger partial charge in [-0.15, -0.1) is 0 Å². The second-order valence-electron chi connectivity index (χ2n) is 5.68. The van der Waals surface area contributed by atoms with Crippen LogP contribution in [0.2, 0.25) is 0 Å². The number of nitrogens with one attached hydrogen (secondary N) is 2. The van der Waals surface area contributed by atoms with Crippen molar-refractivity contribution < 1.29 is 27.9 Å². The quantitative estimate of drug-likeness (QED) is 0.728. The zero-order valence-corrected chi connectivity index (χ0v) is 13.8. The summed E-state index contributed by atoms with van der Waals surface area (Å²) in [5, 5.41) is 14.3. The second-order valence-corrected chi connectivity index (χ2v) is 5.68. The molecule has 5 nitrogen and oxygen atoms in total. The number of carbonyl (C=O) groups excluding carboxylic acids is 2. The van der Waals surface area contributed by atoms with Gasteiger partial charge in [-0.25, -0.2) is 0 Å². The summed E-state index contributed by atoms with van der Waals surface area (Å²) in [6, 6.07) is 13.0. The summed E-state index contributed by atoms with van der Waals surface area (Å²) in [5.41, 5.74) is -2.70. The van der Waals surface area contributed by atoms with Gasteiger partial charge in [-0.1, -0.05) is 48.5 Å². The fourth-order valence-corrected chi connectivity index (χ4v) is 2.26. The first-order valence-corrected chi connectivity index (χ1v) is 7.64. The molecule has 0 radical (unpaired) electrons. The molecule has 8 heteroatoms. The third-order valence-electron chi connectivity index (χ3n) is 3.82. The van der Waals surface area contributed by atoms with Crippen LogP contribution in [0.1, 0.15) is 11.1 Å². The van der Waals surface area contributed by atoms with E-state index in [9.17, 15) is 27.9 Å². The first-order chi connectivity index (χ1) is 12.1. The van der Waals surface area contributed by atoms with Crippen LogP contribution >= 0.6 is 0 Å². The monoisotopic (exact) mass is 366 g/mol. The number of rotatable bonds is 4. The standard InChI is InChI=1S/C18H17F3N2O3/c1-12-7-5-6-10-14(12)23-16(25)15(24)22-11-17(26,18(19,20)21)13-8-3-2-4-9-13/h2-10,26H,11H2,1H3,(H,22,24)(H,23,25). The van der Waals surface area contributed by atoms with Crippen LogP contribution in [0.25, 0.3) is 0 Å². The van der Waals surface area contributed by atoms with Crippen LogP contribution in [0.4, 0.5) is 18.9 Å². The van der Waals surface area contributed by atoms with Gasteiger partial charge >= 0.3 is 18.0 Å². The number of amides is 2. The summed E-state index contributed by atoms with van der Waals surface area (Å²) >= 11 is 0. The average Bonchev–Trinajstić information content (AvgIpc) is 2.61. The number of para-hydroxylation sites is 1. The summed E-state index contributed by atoms with van der Waals surface area (Å²) in [4.78, 5) is 23.7. The predicted molar refractivity (Wildman–Crippen MR) is 89.2 cm³/mol. The van der Waals surface area contributed by atoms with E-state index in [1.165, 1.54) is 18.2 Å². The fraction of sp³-hybridized carbons (Fsp3) is 0.222. The maximum absolute atomic E-state index is 13.3. The van der Waals surface area contributed by atoms with Crippen LogP contribution in [-0.2, 0) is 15.2 Å². The lowest BCUT2D eigenvalue weighted by atomic mass is 9.93. The molecule has 26 heavy (non-hydrogen) atoms. The third kappa shape index (κ3) is 4.20. The Labute approximate surface area is 147 Å². The van der Waals surface area contributed by atoms with Crippen molar-refractivity contribution in [1.29, 1.82) is 0 Å². The summed E-state index contributed by atoms with van der Waals surface area (Å²) in [7, 11) is 0. The maximum atomic E-state index is 13.3. The zero-order valence-electron chi connectivity index (χ0n) is 13.8. The summed E-state index contributed by atoms with van der Waals surface area (Å²) < 4.78 is 40.0. The van der Waals surface area contributed by atoms with Gasteiger partial charge in [0.2, 0.25) is 5.60 Å². The predicted octanol–water partition coefficient (Wildman–Crippen LogP) is 2.50. The molecule has 1 unspecified atom stereocenters. The minimum atomic E-state index is -5.05. The smallest absolute Gasteiger partial charge is 0.375 e. The van der Waals surface area contributed by atoms with Crippen molar-refractivity contribution in [3.8, 4) is 0 Å². The van der Waals surface area contributed by atoms with E-state index in [1.54, 1.807) is 31.2 Å². The van der Waals surface area contributed by atoms with Crippen molar-refractivity contribution in [1.82, 2.24) is 5.32 Å². The van der Waals surface area contributed by atoms with Crippen LogP contribution < -0.4 is 10.6 Å². The molecule has 1 atom stereocenters. The van der Waals surface area contributed by atoms with Gasteiger partial charge in [-0.3, -0.25) is 9.59 Å². The molecule has 0 bridgehead atoms. The van der Waals surface area contributed by atoms with Crippen LogP contribution in [0.5, 0.6) is 0 Å². The molecule has 0 aliphatic heterocycles. The number of aryl methyl sites for hydroxylation is 1. The molecular weight excluding hydrogens is 349 g/mol. The van der Waals surface area contributed by atoms with Crippen LogP contribution in [0.3, 0.4) is 0 Å². The van der Waals surface area contributed by atoms with E-state index in [0.29, 0.717) is 11.3 Å². The lowest BCUT2D eigenvalue weighted by Crippen LogP contribution is -2.52. The molecule has 2 rings (SSSR count). The molecule has 0 saturated heterocycles. The second kappa shape index (κ2) is 7.57. The number of halogens is 3. The number of alkyl halides is 3. The lowest BCUT2D eigenvalue weighted by Gasteiger charge is -2.31. The number of anilines is 1. The third-order valence-corrected chi connectivity index (χ3v) is 3.82. The van der Waals surface area contributed by atoms with Crippen LogP contribution in [0.15, 0.2) is 54.6 Å². The van der Waals surface area contributed by atoms with Crippen molar-refractivity contribution in [3.05, 3.63) is 65.7 Å². The van der Waals surface area contributed by atoms with Crippen molar-refractivity contribution in [3.63, 3.8) is 0 Å². The Morgan fingerprint density at radius 3 is 2.12 bits per heavy atom. The van der Waals surface area contributed by atoms with Gasteiger partial charge in [0.25, 0.3) is 0 Å². The number of carbonyl (C=O) groups is 2. The maximum Gasteiger partial charge on any atom is 0.423 e. The SMILES string of the molecule is Cc1ccccc1NC(=O)C(=O)NCC(O)(c1ccccc1)C(F)(F)F. The van der Waals surface area contributed by atoms with Gasteiger partial charge in [0, 0.05) is 5.69 Å². The molecule has 0 fully saturated rings. The van der Waals surface area contributed by atoms with E-state index >= 15 is 0 Å². The van der Waals surface area contributed by atoms with Gasteiger partial charge in [0.15, 0.2) is 0 Å². The molecule has 0 aliphatic rings. The largest absolute Gasteiger partial charge is 0.423 e. The molecular formula is C18H17F3N2O3. The highest BCUT2D eigenvalue weighted by molar-refractivity contribution is 6.39. The molecule has 0 saturated carbocycles. The molecule has 0 heterocycles. The van der Waals surface area contributed by atoms with Gasteiger partial charge in [-0.05, 0) is 24.1 Å². The minimum Gasteiger partial charge on any atom is -0.375 e. The van der Waals surface area contributed by atoms with Gasteiger partial charge in [0.05, 0.1) is 6.54 Å².